The first-order chi connectivity index (χ1) is 17.6. The van der Waals surface area contributed by atoms with Gasteiger partial charge in [-0.15, -0.1) is 23.5 Å². The summed E-state index contributed by atoms with van der Waals surface area (Å²) in [6, 6.07) is 27.7. The molecule has 1 aliphatic heterocycles. The van der Waals surface area contributed by atoms with Gasteiger partial charge < -0.3 is 14.6 Å². The molecular weight excluding hydrogens is 488 g/mol. The summed E-state index contributed by atoms with van der Waals surface area (Å²) in [5, 5.41) is 2.94. The first-order valence-electron chi connectivity index (χ1n) is 11.7. The summed E-state index contributed by atoms with van der Waals surface area (Å²) in [4.78, 5) is 28.4. The maximum atomic E-state index is 12.9. The largest absolute Gasteiger partial charge is 0.467 e. The Balaban J connectivity index is 1.21. The fraction of sp³-hybridized carbons (Fsp3) is 0.172. The zero-order valence-electron chi connectivity index (χ0n) is 19.8. The fourth-order valence-corrected chi connectivity index (χ4v) is 6.15. The number of anilines is 1. The van der Waals surface area contributed by atoms with Crippen molar-refractivity contribution in [1.82, 2.24) is 4.90 Å². The van der Waals surface area contributed by atoms with Crippen molar-refractivity contribution < 1.29 is 14.0 Å². The number of furan rings is 1. The molecule has 0 bridgehead atoms. The van der Waals surface area contributed by atoms with Crippen molar-refractivity contribution in [2.75, 3.05) is 11.1 Å². The Bertz CT molecular complexity index is 1340. The quantitative estimate of drug-likeness (QED) is 0.259. The summed E-state index contributed by atoms with van der Waals surface area (Å²) in [7, 11) is 0. The third-order valence-electron chi connectivity index (χ3n) is 6.02. The Morgan fingerprint density at radius 2 is 1.86 bits per heavy atom. The van der Waals surface area contributed by atoms with Crippen LogP contribution in [0.5, 0.6) is 0 Å². The zero-order valence-corrected chi connectivity index (χ0v) is 21.5. The summed E-state index contributed by atoms with van der Waals surface area (Å²) < 4.78 is 5.43. The van der Waals surface area contributed by atoms with Crippen LogP contribution in [0, 0.1) is 6.92 Å². The number of nitrogens with zero attached hydrogens (tertiary/aromatic N) is 1. The minimum absolute atomic E-state index is 0.0873. The molecule has 1 aromatic heterocycles. The molecule has 4 aromatic rings. The lowest BCUT2D eigenvalue weighted by Crippen LogP contribution is -2.27. The highest BCUT2D eigenvalue weighted by molar-refractivity contribution is 8.00. The molecule has 5 rings (SSSR count). The number of carbonyl (C=O) groups is 2. The summed E-state index contributed by atoms with van der Waals surface area (Å²) in [5.41, 5.74) is 4.62. The molecule has 0 aliphatic carbocycles. The molecule has 2 amide bonds. The van der Waals surface area contributed by atoms with Crippen LogP contribution in [-0.4, -0.2) is 22.5 Å². The van der Waals surface area contributed by atoms with Crippen LogP contribution in [0.25, 0.3) is 0 Å². The van der Waals surface area contributed by atoms with Crippen LogP contribution in [0.3, 0.4) is 0 Å². The summed E-state index contributed by atoms with van der Waals surface area (Å²) in [5.74, 6) is 2.00. The van der Waals surface area contributed by atoms with E-state index in [9.17, 15) is 9.59 Å². The Kier molecular flexibility index (Phi) is 7.49. The third-order valence-corrected chi connectivity index (χ3v) is 8.36. The molecule has 1 aliphatic rings. The predicted octanol–water partition coefficient (Wildman–Crippen LogP) is 6.91. The standard InChI is InChI=1S/C29H26N2O3S2/c1-20-16-21(18-35-25-7-3-2-4-8-25)9-14-26(20)30-28(33)22-10-12-23(13-11-22)29-31(27(32)19-36-29)17-24-6-5-15-34-24/h2-16,29H,17-19H2,1H3,(H,30,33)/t29-/m1/s1. The van der Waals surface area contributed by atoms with Crippen molar-refractivity contribution in [1.29, 1.82) is 0 Å². The van der Waals surface area contributed by atoms with Gasteiger partial charge in [0.25, 0.3) is 5.91 Å². The Hall–Kier alpha value is -3.42. The summed E-state index contributed by atoms with van der Waals surface area (Å²) >= 11 is 3.38. The van der Waals surface area contributed by atoms with Crippen LogP contribution in [0.1, 0.15) is 38.2 Å². The van der Waals surface area contributed by atoms with Crippen molar-refractivity contribution in [3.8, 4) is 0 Å². The predicted molar refractivity (Wildman–Crippen MR) is 146 cm³/mol. The third kappa shape index (κ3) is 5.69. The minimum Gasteiger partial charge on any atom is -0.467 e. The molecule has 1 saturated heterocycles. The SMILES string of the molecule is Cc1cc(CSc2ccccc2)ccc1NC(=O)c1ccc([C@H]2SCC(=O)N2Cc2ccco2)cc1. The second kappa shape index (κ2) is 11.1. The Labute approximate surface area is 219 Å². The van der Waals surface area contributed by atoms with Gasteiger partial charge in [-0.05, 0) is 66.1 Å². The lowest BCUT2D eigenvalue weighted by atomic mass is 10.1. The number of hydrogen-bond donors (Lipinski definition) is 1. The van der Waals surface area contributed by atoms with Gasteiger partial charge in [0.15, 0.2) is 0 Å². The van der Waals surface area contributed by atoms with Gasteiger partial charge in [-0.1, -0.05) is 42.5 Å². The maximum Gasteiger partial charge on any atom is 0.255 e. The van der Waals surface area contributed by atoms with Gasteiger partial charge in [0.2, 0.25) is 5.91 Å². The van der Waals surface area contributed by atoms with Crippen molar-refractivity contribution in [2.24, 2.45) is 0 Å². The lowest BCUT2D eigenvalue weighted by Gasteiger charge is -2.23. The summed E-state index contributed by atoms with van der Waals surface area (Å²) in [6.45, 7) is 2.45. The van der Waals surface area contributed by atoms with Crippen LogP contribution < -0.4 is 5.32 Å². The Morgan fingerprint density at radius 3 is 2.58 bits per heavy atom. The van der Waals surface area contributed by atoms with Crippen molar-refractivity contribution in [2.45, 2.75) is 29.5 Å². The van der Waals surface area contributed by atoms with E-state index in [4.69, 9.17) is 4.42 Å². The van der Waals surface area contributed by atoms with Crippen molar-refractivity contribution in [3.63, 3.8) is 0 Å². The van der Waals surface area contributed by atoms with E-state index in [0.29, 0.717) is 17.9 Å². The number of aryl methyl sites for hydroxylation is 1. The highest BCUT2D eigenvalue weighted by atomic mass is 32.2. The van der Waals surface area contributed by atoms with Gasteiger partial charge in [0.1, 0.15) is 11.1 Å². The molecule has 36 heavy (non-hydrogen) atoms. The molecule has 3 aromatic carbocycles. The normalized spacial score (nSPS) is 15.3. The van der Waals surface area contributed by atoms with E-state index in [1.165, 1.54) is 10.5 Å². The molecule has 0 spiro atoms. The molecule has 1 fully saturated rings. The monoisotopic (exact) mass is 514 g/mol. The average Bonchev–Trinajstić information content (AvgIpc) is 3.55. The molecular formula is C29H26N2O3S2. The number of amides is 2. The molecule has 7 heteroatoms. The second-order valence-corrected chi connectivity index (χ2v) is 10.7. The van der Waals surface area contributed by atoms with Crippen LogP contribution >= 0.6 is 23.5 Å². The maximum absolute atomic E-state index is 12.9. The molecule has 1 N–H and O–H groups in total. The smallest absolute Gasteiger partial charge is 0.255 e. The van der Waals surface area contributed by atoms with E-state index in [0.717, 1.165) is 28.3 Å². The van der Waals surface area contributed by atoms with E-state index in [-0.39, 0.29) is 17.2 Å². The molecule has 2 heterocycles. The lowest BCUT2D eigenvalue weighted by molar-refractivity contribution is -0.128. The number of nitrogens with one attached hydrogen (secondary N) is 1. The zero-order chi connectivity index (χ0) is 24.9. The number of rotatable bonds is 8. The number of thioether (sulfide) groups is 2. The second-order valence-electron chi connectivity index (χ2n) is 8.59. The van der Waals surface area contributed by atoms with Crippen LogP contribution in [-0.2, 0) is 17.1 Å². The van der Waals surface area contributed by atoms with Gasteiger partial charge in [-0.25, -0.2) is 0 Å². The molecule has 0 unspecified atom stereocenters. The highest BCUT2D eigenvalue weighted by Gasteiger charge is 2.33. The molecule has 5 nitrogen and oxygen atoms in total. The van der Waals surface area contributed by atoms with Crippen LogP contribution in [0.4, 0.5) is 5.69 Å². The number of carbonyl (C=O) groups excluding carboxylic acids is 2. The van der Waals surface area contributed by atoms with Gasteiger partial charge >= 0.3 is 0 Å². The van der Waals surface area contributed by atoms with Crippen molar-refractivity contribution >= 4 is 41.0 Å². The fourth-order valence-electron chi connectivity index (χ4n) is 4.10. The first-order valence-corrected chi connectivity index (χ1v) is 13.7. The number of hydrogen-bond acceptors (Lipinski definition) is 5. The van der Waals surface area contributed by atoms with E-state index in [2.05, 4.69) is 29.6 Å². The van der Waals surface area contributed by atoms with Crippen LogP contribution in [0.2, 0.25) is 0 Å². The van der Waals surface area contributed by atoms with E-state index in [1.54, 1.807) is 29.8 Å². The molecule has 1 atom stereocenters. The van der Waals surface area contributed by atoms with Crippen molar-refractivity contribution in [3.05, 3.63) is 119 Å². The molecule has 0 saturated carbocycles. The molecule has 182 valence electrons. The van der Waals surface area contributed by atoms with Gasteiger partial charge in [-0.2, -0.15) is 0 Å². The first kappa shape index (κ1) is 24.3. The van der Waals surface area contributed by atoms with Gasteiger partial charge in [0.05, 0.1) is 18.6 Å². The molecule has 0 radical (unpaired) electrons. The summed E-state index contributed by atoms with van der Waals surface area (Å²) in [6.07, 6.45) is 1.62. The van der Waals surface area contributed by atoms with E-state index in [1.807, 2.05) is 72.5 Å². The number of benzene rings is 3. The van der Waals surface area contributed by atoms with E-state index >= 15 is 0 Å². The van der Waals surface area contributed by atoms with Gasteiger partial charge in [-0.3, -0.25) is 9.59 Å². The topological polar surface area (TPSA) is 62.6 Å². The van der Waals surface area contributed by atoms with Crippen LogP contribution in [0.15, 0.2) is 101 Å². The average molecular weight is 515 g/mol. The van der Waals surface area contributed by atoms with E-state index < -0.39 is 0 Å². The minimum atomic E-state index is -0.154. The van der Waals surface area contributed by atoms with Gasteiger partial charge in [0, 0.05) is 21.9 Å². The highest BCUT2D eigenvalue weighted by Crippen LogP contribution is 2.39. The Morgan fingerprint density at radius 1 is 1.06 bits per heavy atom.